The van der Waals surface area contributed by atoms with Gasteiger partial charge in [0.25, 0.3) is 0 Å². The van der Waals surface area contributed by atoms with Gasteiger partial charge in [-0.3, -0.25) is 0 Å². The second kappa shape index (κ2) is 2.36. The molecule has 2 aliphatic rings. The molecule has 0 radical (unpaired) electrons. The van der Waals surface area contributed by atoms with Gasteiger partial charge in [-0.2, -0.15) is 0 Å². The molecule has 0 aliphatic carbocycles. The molecule has 2 rings (SSSR count). The average molecular weight is 240 g/mol. The fourth-order valence-corrected chi connectivity index (χ4v) is 2.30. The van der Waals surface area contributed by atoms with Crippen LogP contribution in [0, 0.1) is 0 Å². The fraction of sp³-hybridized carbons (Fsp3) is 1.00. The number of hydrogen-bond donors (Lipinski definition) is 0. The normalized spacial score (nSPS) is 49.7. The van der Waals surface area contributed by atoms with Gasteiger partial charge in [0.1, 0.15) is 0 Å². The lowest BCUT2D eigenvalue weighted by atomic mass is 10.2. The molecule has 0 aromatic rings. The third-order valence-electron chi connectivity index (χ3n) is 1.91. The lowest BCUT2D eigenvalue weighted by molar-refractivity contribution is 0.0743. The summed E-state index contributed by atoms with van der Waals surface area (Å²) < 4.78 is 11.5. The number of rotatable bonds is 0. The molecule has 2 aliphatic heterocycles. The van der Waals surface area contributed by atoms with Gasteiger partial charge in [0, 0.05) is 6.61 Å². The standard InChI is InChI=1S/C6H9IO2/c7-4-3-9-5-1-2-8-6(4)5/h4-6H,1-3H2/t4-,5+,6+/m0/s1. The van der Waals surface area contributed by atoms with E-state index in [1.54, 1.807) is 0 Å². The SMILES string of the molecule is I[C@H]1CO[C@@H]2CCO[C@H]12. The summed E-state index contributed by atoms with van der Waals surface area (Å²) in [7, 11) is 0. The van der Waals surface area contributed by atoms with Crippen LogP contribution in [0.4, 0.5) is 0 Å². The average Bonchev–Trinajstić information content (AvgIpc) is 2.35. The van der Waals surface area contributed by atoms with Crippen LogP contribution in [0.15, 0.2) is 0 Å². The van der Waals surface area contributed by atoms with E-state index in [1.165, 1.54) is 0 Å². The molecule has 2 nitrogen and oxygen atoms in total. The Labute approximate surface area is 68.0 Å². The van der Waals surface area contributed by atoms with Gasteiger partial charge in [0.2, 0.25) is 0 Å². The molecular formula is C6H9IO2. The zero-order valence-electron chi connectivity index (χ0n) is 5.05. The van der Waals surface area contributed by atoms with Crippen LogP contribution in [0.2, 0.25) is 0 Å². The Morgan fingerprint density at radius 3 is 3.00 bits per heavy atom. The second-order valence-corrected chi connectivity index (χ2v) is 4.11. The Hall–Kier alpha value is 0.650. The maximum atomic E-state index is 5.46. The van der Waals surface area contributed by atoms with Gasteiger partial charge >= 0.3 is 0 Å². The highest BCUT2D eigenvalue weighted by atomic mass is 127. The molecule has 0 saturated carbocycles. The van der Waals surface area contributed by atoms with Gasteiger partial charge in [0.05, 0.1) is 22.7 Å². The second-order valence-electron chi connectivity index (χ2n) is 2.51. The van der Waals surface area contributed by atoms with Crippen LogP contribution in [-0.4, -0.2) is 29.3 Å². The third kappa shape index (κ3) is 0.991. The first kappa shape index (κ1) is 6.37. The Morgan fingerprint density at radius 1 is 1.33 bits per heavy atom. The van der Waals surface area contributed by atoms with Crippen molar-refractivity contribution in [3.8, 4) is 0 Å². The summed E-state index contributed by atoms with van der Waals surface area (Å²) in [6.07, 6.45) is 1.93. The number of alkyl halides is 1. The largest absolute Gasteiger partial charge is 0.374 e. The molecule has 52 valence electrons. The smallest absolute Gasteiger partial charge is 0.0977 e. The summed E-state index contributed by atoms with van der Waals surface area (Å²) in [5, 5.41) is 0. The van der Waals surface area contributed by atoms with E-state index in [0.717, 1.165) is 19.6 Å². The Bertz CT molecular complexity index is 118. The zero-order valence-corrected chi connectivity index (χ0v) is 7.21. The molecule has 0 spiro atoms. The van der Waals surface area contributed by atoms with Crippen LogP contribution >= 0.6 is 22.6 Å². The van der Waals surface area contributed by atoms with Crippen LogP contribution in [0.5, 0.6) is 0 Å². The van der Waals surface area contributed by atoms with Gasteiger partial charge in [-0.25, -0.2) is 0 Å². The maximum Gasteiger partial charge on any atom is 0.0977 e. The highest BCUT2D eigenvalue weighted by Crippen LogP contribution is 2.30. The number of hydrogen-bond acceptors (Lipinski definition) is 2. The summed E-state index contributed by atoms with van der Waals surface area (Å²) in [4.78, 5) is 0. The molecule has 0 bridgehead atoms. The molecule has 3 heteroatoms. The van der Waals surface area contributed by atoms with Crippen molar-refractivity contribution < 1.29 is 9.47 Å². The Kier molecular flexibility index (Phi) is 1.67. The quantitative estimate of drug-likeness (QED) is 0.464. The monoisotopic (exact) mass is 240 g/mol. The van der Waals surface area contributed by atoms with Crippen molar-refractivity contribution in [1.29, 1.82) is 0 Å². The molecule has 2 fully saturated rings. The highest BCUT2D eigenvalue weighted by Gasteiger charge is 2.40. The third-order valence-corrected chi connectivity index (χ3v) is 2.97. The van der Waals surface area contributed by atoms with Crippen molar-refractivity contribution in [2.24, 2.45) is 0 Å². The van der Waals surface area contributed by atoms with E-state index in [4.69, 9.17) is 9.47 Å². The zero-order chi connectivity index (χ0) is 6.27. The maximum absolute atomic E-state index is 5.46. The van der Waals surface area contributed by atoms with E-state index in [-0.39, 0.29) is 0 Å². The van der Waals surface area contributed by atoms with Crippen LogP contribution in [0.25, 0.3) is 0 Å². The number of halogens is 1. The van der Waals surface area contributed by atoms with Crippen LogP contribution < -0.4 is 0 Å². The molecule has 0 N–H and O–H groups in total. The van der Waals surface area contributed by atoms with Crippen molar-refractivity contribution in [3.63, 3.8) is 0 Å². The van der Waals surface area contributed by atoms with E-state index in [0.29, 0.717) is 16.1 Å². The number of fused-ring (bicyclic) bond motifs is 1. The van der Waals surface area contributed by atoms with Crippen LogP contribution in [0.3, 0.4) is 0 Å². The summed E-state index contributed by atoms with van der Waals surface area (Å²) in [5.41, 5.74) is 0. The van der Waals surface area contributed by atoms with Crippen LogP contribution in [0.1, 0.15) is 6.42 Å². The molecule has 0 unspecified atom stereocenters. The van der Waals surface area contributed by atoms with E-state index >= 15 is 0 Å². The predicted molar refractivity (Wildman–Crippen MR) is 41.9 cm³/mol. The first-order valence-corrected chi connectivity index (χ1v) is 4.50. The topological polar surface area (TPSA) is 18.5 Å². The predicted octanol–water partition coefficient (Wildman–Crippen LogP) is 0.978. The minimum atomic E-state index is 0.408. The summed E-state index contributed by atoms with van der Waals surface area (Å²) in [6.45, 7) is 1.78. The van der Waals surface area contributed by atoms with Crippen molar-refractivity contribution in [3.05, 3.63) is 0 Å². The molecule has 2 heterocycles. The van der Waals surface area contributed by atoms with Gasteiger partial charge in [-0.05, 0) is 6.42 Å². The number of ether oxygens (including phenoxy) is 2. The minimum absolute atomic E-state index is 0.408. The van der Waals surface area contributed by atoms with E-state index in [1.807, 2.05) is 0 Å². The molecule has 9 heavy (non-hydrogen) atoms. The molecule has 0 aromatic heterocycles. The van der Waals surface area contributed by atoms with Crippen molar-refractivity contribution in [1.82, 2.24) is 0 Å². The highest BCUT2D eigenvalue weighted by molar-refractivity contribution is 14.1. The summed E-state index contributed by atoms with van der Waals surface area (Å²) >= 11 is 2.40. The molecule has 3 atom stereocenters. The van der Waals surface area contributed by atoms with Crippen molar-refractivity contribution in [2.75, 3.05) is 13.2 Å². The molecular weight excluding hydrogens is 231 g/mol. The lowest BCUT2D eigenvalue weighted by Gasteiger charge is -2.07. The summed E-state index contributed by atoms with van der Waals surface area (Å²) in [5.74, 6) is 0. The van der Waals surface area contributed by atoms with E-state index in [2.05, 4.69) is 22.6 Å². The minimum Gasteiger partial charge on any atom is -0.374 e. The van der Waals surface area contributed by atoms with E-state index < -0.39 is 0 Å². The lowest BCUT2D eigenvalue weighted by Crippen LogP contribution is -2.21. The van der Waals surface area contributed by atoms with Gasteiger partial charge < -0.3 is 9.47 Å². The van der Waals surface area contributed by atoms with Gasteiger partial charge in [-0.1, -0.05) is 22.6 Å². The van der Waals surface area contributed by atoms with Crippen molar-refractivity contribution in [2.45, 2.75) is 22.6 Å². The van der Waals surface area contributed by atoms with Crippen LogP contribution in [-0.2, 0) is 9.47 Å². The Morgan fingerprint density at radius 2 is 2.22 bits per heavy atom. The first-order valence-electron chi connectivity index (χ1n) is 3.25. The first-order chi connectivity index (χ1) is 4.38. The summed E-state index contributed by atoms with van der Waals surface area (Å²) in [6, 6.07) is 0. The van der Waals surface area contributed by atoms with Crippen molar-refractivity contribution >= 4 is 22.6 Å². The molecule has 0 amide bonds. The van der Waals surface area contributed by atoms with E-state index in [9.17, 15) is 0 Å². The van der Waals surface area contributed by atoms with Gasteiger partial charge in [-0.15, -0.1) is 0 Å². The fourth-order valence-electron chi connectivity index (χ4n) is 1.42. The Balaban J connectivity index is 2.07. The molecule has 0 aromatic carbocycles. The molecule has 2 saturated heterocycles. The van der Waals surface area contributed by atoms with Gasteiger partial charge in [0.15, 0.2) is 0 Å².